The van der Waals surface area contributed by atoms with Gasteiger partial charge in [0.25, 0.3) is 5.91 Å². The van der Waals surface area contributed by atoms with Gasteiger partial charge in [-0.25, -0.2) is 10.5 Å². The second-order valence-electron chi connectivity index (χ2n) is 7.52. The lowest BCUT2D eigenvalue weighted by Crippen LogP contribution is -2.37. The van der Waals surface area contributed by atoms with Crippen LogP contribution in [0.25, 0.3) is 22.5 Å². The second-order valence-corrected chi connectivity index (χ2v) is 10.0. The molecule has 1 aliphatic heterocycles. The van der Waals surface area contributed by atoms with Crippen LogP contribution in [0.5, 0.6) is 0 Å². The summed E-state index contributed by atoms with van der Waals surface area (Å²) in [7, 11) is 0. The van der Waals surface area contributed by atoms with Gasteiger partial charge >= 0.3 is 0 Å². The number of rotatable bonds is 6. The molecular weight excluding hydrogens is 490 g/mol. The highest BCUT2D eigenvalue weighted by Gasteiger charge is 2.28. The molecule has 1 atom stereocenters. The summed E-state index contributed by atoms with van der Waals surface area (Å²) in [6, 6.07) is 18.0. The Morgan fingerprint density at radius 1 is 1.15 bits per heavy atom. The van der Waals surface area contributed by atoms with Crippen molar-refractivity contribution in [2.24, 2.45) is 4.99 Å². The SMILES string of the molecule is CCC1NN(Cc2ccc(-c3ccccc3-c3nnn[nH]3)cc2)C(=NC(=O)c2sccc2Cl)S1. The van der Waals surface area contributed by atoms with Crippen LogP contribution in [-0.4, -0.2) is 42.1 Å². The molecule has 2 aromatic heterocycles. The van der Waals surface area contributed by atoms with Crippen molar-refractivity contribution >= 4 is 45.8 Å². The van der Waals surface area contributed by atoms with Crippen LogP contribution in [0.3, 0.4) is 0 Å². The van der Waals surface area contributed by atoms with Gasteiger partial charge in [-0.2, -0.15) is 4.99 Å². The van der Waals surface area contributed by atoms with E-state index in [4.69, 9.17) is 11.6 Å². The van der Waals surface area contributed by atoms with Crippen molar-refractivity contribution < 1.29 is 4.79 Å². The minimum absolute atomic E-state index is 0.159. The number of aromatic nitrogens is 4. The van der Waals surface area contributed by atoms with Crippen molar-refractivity contribution in [2.45, 2.75) is 25.3 Å². The number of hydrogen-bond donors (Lipinski definition) is 2. The molecule has 1 amide bonds. The summed E-state index contributed by atoms with van der Waals surface area (Å²) >= 11 is 8.98. The third kappa shape index (κ3) is 4.76. The first-order valence-corrected chi connectivity index (χ1v) is 12.7. The number of aromatic amines is 1. The van der Waals surface area contributed by atoms with Crippen LogP contribution in [0, 0.1) is 0 Å². The molecular formula is C23H20ClN7OS2. The summed E-state index contributed by atoms with van der Waals surface area (Å²) in [5.41, 5.74) is 7.55. The Morgan fingerprint density at radius 3 is 2.62 bits per heavy atom. The summed E-state index contributed by atoms with van der Waals surface area (Å²) in [6.45, 7) is 2.67. The fraction of sp³-hybridized carbons (Fsp3) is 0.174. The van der Waals surface area contributed by atoms with Crippen LogP contribution in [-0.2, 0) is 6.54 Å². The smallest absolute Gasteiger partial charge is 0.281 e. The number of thioether (sulfide) groups is 1. The monoisotopic (exact) mass is 509 g/mol. The van der Waals surface area contributed by atoms with Gasteiger partial charge < -0.3 is 0 Å². The number of hydrazine groups is 1. The maximum Gasteiger partial charge on any atom is 0.291 e. The van der Waals surface area contributed by atoms with Crippen molar-refractivity contribution in [1.82, 2.24) is 31.1 Å². The first-order chi connectivity index (χ1) is 16.6. The standard InChI is InChI=1S/C23H20ClN7OS2/c1-2-19-28-31(23(34-19)25-22(32)20-18(24)11-12-33-20)13-14-7-9-15(10-8-14)16-5-3-4-6-17(16)21-26-29-30-27-21/h3-12,19,28H,2,13H2,1H3,(H,26,27,29,30). The Morgan fingerprint density at radius 2 is 1.94 bits per heavy atom. The highest BCUT2D eigenvalue weighted by Crippen LogP contribution is 2.31. The number of benzene rings is 2. The van der Waals surface area contributed by atoms with Crippen molar-refractivity contribution in [3.05, 3.63) is 75.4 Å². The molecule has 0 bridgehead atoms. The molecule has 2 N–H and O–H groups in total. The number of aliphatic imine (C=N–C) groups is 1. The van der Waals surface area contributed by atoms with Gasteiger partial charge in [0.05, 0.1) is 16.9 Å². The summed E-state index contributed by atoms with van der Waals surface area (Å²) in [5.74, 6) is 0.305. The Balaban J connectivity index is 1.36. The topological polar surface area (TPSA) is 99.2 Å². The Labute approximate surface area is 209 Å². The van der Waals surface area contributed by atoms with E-state index in [0.717, 1.165) is 28.7 Å². The van der Waals surface area contributed by atoms with Crippen LogP contribution in [0.15, 0.2) is 65.0 Å². The van der Waals surface area contributed by atoms with E-state index in [2.05, 4.69) is 62.2 Å². The highest BCUT2D eigenvalue weighted by molar-refractivity contribution is 8.14. The summed E-state index contributed by atoms with van der Waals surface area (Å²) < 4.78 is 0. The minimum Gasteiger partial charge on any atom is -0.281 e. The van der Waals surface area contributed by atoms with Crippen LogP contribution >= 0.6 is 34.7 Å². The van der Waals surface area contributed by atoms with E-state index in [1.807, 2.05) is 29.3 Å². The van der Waals surface area contributed by atoms with Crippen LogP contribution in [0.2, 0.25) is 5.02 Å². The normalized spacial score (nSPS) is 16.9. The minimum atomic E-state index is -0.320. The summed E-state index contributed by atoms with van der Waals surface area (Å²) in [6.07, 6.45) is 0.903. The van der Waals surface area contributed by atoms with E-state index in [1.54, 1.807) is 23.2 Å². The quantitative estimate of drug-likeness (QED) is 0.367. The first-order valence-electron chi connectivity index (χ1n) is 10.6. The van der Waals surface area contributed by atoms with Gasteiger partial charge in [-0.3, -0.25) is 9.80 Å². The molecule has 0 aliphatic carbocycles. The number of nitrogens with one attached hydrogen (secondary N) is 2. The first kappa shape index (κ1) is 22.7. The molecule has 3 heterocycles. The van der Waals surface area contributed by atoms with Crippen molar-refractivity contribution in [3.8, 4) is 22.5 Å². The van der Waals surface area contributed by atoms with Crippen molar-refractivity contribution in [3.63, 3.8) is 0 Å². The van der Waals surface area contributed by atoms with Gasteiger partial charge in [0.1, 0.15) is 4.88 Å². The van der Waals surface area contributed by atoms with E-state index in [1.165, 1.54) is 11.3 Å². The predicted octanol–water partition coefficient (Wildman–Crippen LogP) is 5.23. The van der Waals surface area contributed by atoms with Crippen molar-refractivity contribution in [2.75, 3.05) is 0 Å². The number of amidine groups is 1. The van der Waals surface area contributed by atoms with Gasteiger partial charge in [0, 0.05) is 5.56 Å². The maximum absolute atomic E-state index is 12.7. The average Bonchev–Trinajstić information content (AvgIpc) is 3.62. The lowest BCUT2D eigenvalue weighted by atomic mass is 9.98. The molecule has 1 saturated heterocycles. The Hall–Kier alpha value is -3.05. The summed E-state index contributed by atoms with van der Waals surface area (Å²) in [4.78, 5) is 17.5. The lowest BCUT2D eigenvalue weighted by molar-refractivity contribution is 0.100. The number of hydrogen-bond acceptors (Lipinski definition) is 7. The van der Waals surface area contributed by atoms with Gasteiger partial charge in [-0.15, -0.1) is 16.4 Å². The third-order valence-electron chi connectivity index (χ3n) is 5.29. The third-order valence-corrected chi connectivity index (χ3v) is 7.87. The van der Waals surface area contributed by atoms with E-state index in [-0.39, 0.29) is 11.3 Å². The number of amides is 1. The Kier molecular flexibility index (Phi) is 6.73. The van der Waals surface area contributed by atoms with Crippen LogP contribution < -0.4 is 5.43 Å². The molecule has 1 fully saturated rings. The molecule has 11 heteroatoms. The van der Waals surface area contributed by atoms with Crippen LogP contribution in [0.1, 0.15) is 28.6 Å². The largest absolute Gasteiger partial charge is 0.291 e. The molecule has 4 aromatic rings. The molecule has 34 heavy (non-hydrogen) atoms. The number of nitrogens with zero attached hydrogens (tertiary/aromatic N) is 5. The van der Waals surface area contributed by atoms with E-state index in [0.29, 0.717) is 27.4 Å². The van der Waals surface area contributed by atoms with E-state index < -0.39 is 0 Å². The molecule has 0 radical (unpaired) electrons. The number of carbonyl (C=O) groups excluding carboxylic acids is 1. The molecule has 0 spiro atoms. The zero-order valence-electron chi connectivity index (χ0n) is 18.1. The molecule has 1 unspecified atom stereocenters. The number of tetrazole rings is 1. The zero-order valence-corrected chi connectivity index (χ0v) is 20.5. The number of carbonyl (C=O) groups is 1. The molecule has 5 rings (SSSR count). The average molecular weight is 510 g/mol. The van der Waals surface area contributed by atoms with Crippen molar-refractivity contribution in [1.29, 1.82) is 0 Å². The maximum atomic E-state index is 12.7. The number of thiophene rings is 1. The fourth-order valence-corrected chi connectivity index (χ4v) is 5.59. The van der Waals surface area contributed by atoms with E-state index >= 15 is 0 Å². The predicted molar refractivity (Wildman–Crippen MR) is 136 cm³/mol. The Bertz CT molecular complexity index is 1320. The molecule has 0 saturated carbocycles. The number of H-pyrrole nitrogens is 1. The fourth-order valence-electron chi connectivity index (χ4n) is 3.59. The van der Waals surface area contributed by atoms with Gasteiger partial charge in [0.2, 0.25) is 0 Å². The second kappa shape index (κ2) is 10.1. The lowest BCUT2D eigenvalue weighted by Gasteiger charge is -2.19. The molecule has 172 valence electrons. The number of halogens is 1. The van der Waals surface area contributed by atoms with E-state index in [9.17, 15) is 4.79 Å². The molecule has 8 nitrogen and oxygen atoms in total. The summed E-state index contributed by atoms with van der Waals surface area (Å²) in [5, 5.41) is 19.2. The van der Waals surface area contributed by atoms with Crippen LogP contribution in [0.4, 0.5) is 0 Å². The highest BCUT2D eigenvalue weighted by atomic mass is 35.5. The zero-order chi connectivity index (χ0) is 23.5. The molecule has 1 aliphatic rings. The van der Waals surface area contributed by atoms with Gasteiger partial charge in [-0.05, 0) is 45.0 Å². The molecule has 2 aromatic carbocycles. The van der Waals surface area contributed by atoms with Gasteiger partial charge in [-0.1, -0.05) is 78.8 Å². The van der Waals surface area contributed by atoms with Gasteiger partial charge in [0.15, 0.2) is 11.0 Å².